The van der Waals surface area contributed by atoms with Gasteiger partial charge in [-0.3, -0.25) is 14.4 Å². The molecule has 0 aromatic carbocycles. The number of hydrogen-bond acceptors (Lipinski definition) is 11. The Morgan fingerprint density at radius 3 is 2.50 bits per heavy atom. The second-order valence-electron chi connectivity index (χ2n) is 14.3. The highest BCUT2D eigenvalue weighted by Crippen LogP contribution is 2.67. The maximum atomic E-state index is 14.5. The van der Waals surface area contributed by atoms with Gasteiger partial charge in [-0.15, -0.1) is 15.0 Å². The third kappa shape index (κ3) is 5.43. The van der Waals surface area contributed by atoms with Gasteiger partial charge >= 0.3 is 0 Å². The highest BCUT2D eigenvalue weighted by molar-refractivity contribution is 5.95. The number of alkyl halides is 2. The van der Waals surface area contributed by atoms with Gasteiger partial charge in [-0.25, -0.2) is 23.7 Å². The molecule has 0 bridgehead atoms. The zero-order valence-corrected chi connectivity index (χ0v) is 29.2. The highest BCUT2D eigenvalue weighted by Gasteiger charge is 2.70. The van der Waals surface area contributed by atoms with Gasteiger partial charge in [0.15, 0.2) is 22.6 Å². The van der Waals surface area contributed by atoms with Crippen molar-refractivity contribution in [2.24, 2.45) is 5.41 Å². The topological polar surface area (TPSA) is 173 Å². The summed E-state index contributed by atoms with van der Waals surface area (Å²) >= 11 is 0. The molecule has 52 heavy (non-hydrogen) atoms. The number of amides is 2. The number of carbonyl (C=O) groups excluding carboxylic acids is 2. The summed E-state index contributed by atoms with van der Waals surface area (Å²) in [5, 5.41) is 22.9. The van der Waals surface area contributed by atoms with Crippen LogP contribution in [0.2, 0.25) is 0 Å². The van der Waals surface area contributed by atoms with Crippen LogP contribution in [-0.2, 0) is 17.8 Å². The molecule has 1 aliphatic heterocycles. The van der Waals surface area contributed by atoms with Crippen molar-refractivity contribution in [3.05, 3.63) is 52.0 Å². The molecule has 4 aliphatic rings. The van der Waals surface area contributed by atoms with Gasteiger partial charge in [-0.1, -0.05) is 6.92 Å². The van der Waals surface area contributed by atoms with Crippen LogP contribution in [0.15, 0.2) is 29.5 Å². The zero-order valence-electron chi connectivity index (χ0n) is 29.2. The average Bonchev–Trinajstić information content (AvgIpc) is 3.40. The summed E-state index contributed by atoms with van der Waals surface area (Å²) in [6.07, 6.45) is 6.21. The first-order valence-electron chi connectivity index (χ1n) is 17.7. The number of fused-ring (bicyclic) bond motifs is 2. The van der Waals surface area contributed by atoms with E-state index < -0.39 is 17.2 Å². The van der Waals surface area contributed by atoms with E-state index in [2.05, 4.69) is 25.4 Å². The number of nitrogens with one attached hydrogen (secondary N) is 1. The summed E-state index contributed by atoms with van der Waals surface area (Å²) in [5.41, 5.74) is 0.796. The zero-order chi connectivity index (χ0) is 36.5. The number of aromatic hydroxyl groups is 1. The number of carbonyl (C=O) groups is 2. The lowest BCUT2D eigenvalue weighted by molar-refractivity contribution is -0.122. The smallest absolute Gasteiger partial charge is 0.276 e. The minimum Gasteiger partial charge on any atom is -0.504 e. The molecule has 0 unspecified atom stereocenters. The van der Waals surface area contributed by atoms with Gasteiger partial charge in [0.25, 0.3) is 11.8 Å². The Bertz CT molecular complexity index is 2150. The first-order chi connectivity index (χ1) is 24.9. The van der Waals surface area contributed by atoms with Gasteiger partial charge in [-0.05, 0) is 57.9 Å². The molecule has 0 radical (unpaired) electrons. The second kappa shape index (κ2) is 12.5. The second-order valence-corrected chi connectivity index (χ2v) is 14.3. The van der Waals surface area contributed by atoms with Crippen molar-refractivity contribution in [3.63, 3.8) is 0 Å². The third-order valence-corrected chi connectivity index (χ3v) is 11.5. The van der Waals surface area contributed by atoms with Crippen LogP contribution in [0.25, 0.3) is 16.9 Å². The van der Waals surface area contributed by atoms with Crippen molar-refractivity contribution in [2.45, 2.75) is 95.8 Å². The molecule has 2 amide bonds. The number of pyridine rings is 2. The van der Waals surface area contributed by atoms with E-state index in [9.17, 15) is 28.3 Å². The predicted molar refractivity (Wildman–Crippen MR) is 183 cm³/mol. The first-order valence-corrected chi connectivity index (χ1v) is 17.7. The van der Waals surface area contributed by atoms with Crippen LogP contribution in [-0.4, -0.2) is 101 Å². The number of anilines is 1. The largest absolute Gasteiger partial charge is 0.504 e. The molecule has 8 rings (SSSR count). The molecule has 2 N–H and O–H groups in total. The summed E-state index contributed by atoms with van der Waals surface area (Å²) in [4.78, 5) is 59.2. The molecule has 5 heterocycles. The van der Waals surface area contributed by atoms with E-state index in [0.29, 0.717) is 73.7 Å². The van der Waals surface area contributed by atoms with Crippen molar-refractivity contribution in [2.75, 3.05) is 25.1 Å². The molecular weight excluding hydrogens is 678 g/mol. The maximum absolute atomic E-state index is 14.5. The summed E-state index contributed by atoms with van der Waals surface area (Å²) < 4.78 is 35.1. The van der Waals surface area contributed by atoms with Crippen LogP contribution < -0.4 is 20.4 Å². The van der Waals surface area contributed by atoms with E-state index in [1.165, 1.54) is 24.4 Å². The van der Waals surface area contributed by atoms with E-state index in [4.69, 9.17) is 9.84 Å². The van der Waals surface area contributed by atoms with Crippen molar-refractivity contribution < 1.29 is 28.2 Å². The molecule has 4 aromatic rings. The van der Waals surface area contributed by atoms with Gasteiger partial charge < -0.3 is 29.5 Å². The lowest BCUT2D eigenvalue weighted by Crippen LogP contribution is -2.67. The number of methoxy groups -OCH3 is 1. The fraction of sp³-hybridized carbons (Fsp3) is 0.543. The van der Waals surface area contributed by atoms with E-state index >= 15 is 0 Å². The summed E-state index contributed by atoms with van der Waals surface area (Å²) in [7, 11) is 1.49. The Kier molecular flexibility index (Phi) is 8.13. The standard InChI is InChI=1S/C35H40F2N10O5/c1-4-22-29(44-13-14-45(24-6-5-23(24)44)33(51)28-30(49)19(2)39-18-40-28)31(50)27-32(43-47(42-27)21-9-12-38-26(15-21)52-3)46(22)16-25(48)41-20-7-10-34(11-8-20)17-35(34,36)37/h9,12,15,18,20,23-24,49H,4-8,10-11,13-14,16-17H2,1-3H3,(H,41,48)/t20?,23-,24-,34?/m0/s1. The van der Waals surface area contributed by atoms with Gasteiger partial charge in [0.05, 0.1) is 24.5 Å². The molecule has 274 valence electrons. The van der Waals surface area contributed by atoms with Gasteiger partial charge in [0.1, 0.15) is 18.6 Å². The van der Waals surface area contributed by atoms with Crippen LogP contribution in [0.5, 0.6) is 11.6 Å². The lowest BCUT2D eigenvalue weighted by atomic mass is 9.81. The number of rotatable bonds is 8. The van der Waals surface area contributed by atoms with Gasteiger partial charge in [-0.2, -0.15) is 0 Å². The van der Waals surface area contributed by atoms with Crippen molar-refractivity contribution >= 4 is 28.7 Å². The third-order valence-electron chi connectivity index (χ3n) is 11.5. The average molecular weight is 719 g/mol. The quantitative estimate of drug-likeness (QED) is 0.274. The monoisotopic (exact) mass is 718 g/mol. The molecule has 17 heteroatoms. The maximum Gasteiger partial charge on any atom is 0.276 e. The number of aromatic nitrogens is 7. The van der Waals surface area contributed by atoms with E-state index in [-0.39, 0.29) is 71.6 Å². The Morgan fingerprint density at radius 2 is 1.83 bits per heavy atom. The van der Waals surface area contributed by atoms with E-state index in [1.54, 1.807) is 28.5 Å². The molecular formula is C35H40F2N10O5. The van der Waals surface area contributed by atoms with Crippen LogP contribution in [0.4, 0.5) is 14.5 Å². The number of ether oxygens (including phenoxy) is 1. The lowest BCUT2D eigenvalue weighted by Gasteiger charge is -2.54. The van der Waals surface area contributed by atoms with Crippen LogP contribution in [0.3, 0.4) is 0 Å². The fourth-order valence-electron chi connectivity index (χ4n) is 8.38. The SMILES string of the molecule is CCc1c(N2CCN(C(=O)c3ncnc(C)c3O)[C@H]3CC[C@@H]32)c(=O)c2nn(-c3ccnc(OC)c3)nc2n1CC(=O)NC1CCC2(CC1)CC2(F)F. The normalized spacial score (nSPS) is 24.8. The first kappa shape index (κ1) is 33.9. The van der Waals surface area contributed by atoms with Crippen molar-refractivity contribution in [1.29, 1.82) is 0 Å². The Labute approximate surface area is 297 Å². The summed E-state index contributed by atoms with van der Waals surface area (Å²) in [6, 6.07) is 2.65. The molecule has 15 nitrogen and oxygen atoms in total. The number of piperazine rings is 1. The number of aryl methyl sites for hydroxylation is 1. The Hall–Kier alpha value is -5.22. The molecule has 1 spiro atoms. The van der Waals surface area contributed by atoms with E-state index in [1.807, 2.05) is 11.8 Å². The summed E-state index contributed by atoms with van der Waals surface area (Å²) in [5.74, 6) is -3.25. The highest BCUT2D eigenvalue weighted by atomic mass is 19.3. The molecule has 2 atom stereocenters. The number of hydrogen-bond donors (Lipinski definition) is 2. The van der Waals surface area contributed by atoms with Crippen LogP contribution >= 0.6 is 0 Å². The molecule has 1 saturated heterocycles. The minimum absolute atomic E-state index is 0.0565. The van der Waals surface area contributed by atoms with E-state index in [0.717, 1.165) is 6.42 Å². The Morgan fingerprint density at radius 1 is 1.08 bits per heavy atom. The van der Waals surface area contributed by atoms with Crippen LogP contribution in [0.1, 0.15) is 73.7 Å². The van der Waals surface area contributed by atoms with Gasteiger partial charge in [0, 0.05) is 55.0 Å². The van der Waals surface area contributed by atoms with Crippen LogP contribution in [0, 0.1) is 12.3 Å². The molecule has 4 fully saturated rings. The number of halogens is 2. The minimum atomic E-state index is -2.62. The molecule has 3 saturated carbocycles. The molecule has 3 aliphatic carbocycles. The Balaban J connectivity index is 1.14. The number of nitrogens with zero attached hydrogens (tertiary/aromatic N) is 9. The van der Waals surface area contributed by atoms with Crippen molar-refractivity contribution in [3.8, 4) is 17.3 Å². The predicted octanol–water partition coefficient (Wildman–Crippen LogP) is 2.93. The van der Waals surface area contributed by atoms with Crippen molar-refractivity contribution in [1.82, 2.24) is 44.7 Å². The van der Waals surface area contributed by atoms with Gasteiger partial charge in [0.2, 0.25) is 17.2 Å². The summed E-state index contributed by atoms with van der Waals surface area (Å²) in [6.45, 7) is 3.94. The fourth-order valence-corrected chi connectivity index (χ4v) is 8.38. The molecule has 4 aromatic heterocycles.